The molecule has 0 aliphatic rings. The summed E-state index contributed by atoms with van der Waals surface area (Å²) in [6.07, 6.45) is 0. The maximum Gasteiger partial charge on any atom is 0.241 e. The Bertz CT molecular complexity index is 519. The number of anilines is 2. The van der Waals surface area contributed by atoms with Crippen LogP contribution in [0.25, 0.3) is 0 Å². The molecule has 5 N–H and O–H groups in total. The van der Waals surface area contributed by atoms with Crippen LogP contribution >= 0.6 is 0 Å². The second-order valence-electron chi connectivity index (χ2n) is 4.65. The summed E-state index contributed by atoms with van der Waals surface area (Å²) < 4.78 is 5.18. The number of ether oxygens (including phenoxy) is 1. The molecule has 0 aliphatic carbocycles. The summed E-state index contributed by atoms with van der Waals surface area (Å²) in [6.45, 7) is 4.14. The van der Waals surface area contributed by atoms with Gasteiger partial charge in [0.05, 0.1) is 25.4 Å². The molecule has 0 fully saturated rings. The molecule has 1 aromatic carbocycles. The second kappa shape index (κ2) is 7.49. The Balaban J connectivity index is 2.82. The van der Waals surface area contributed by atoms with Crippen molar-refractivity contribution >= 4 is 23.2 Å². The fraction of sp³-hybridized carbons (Fsp3) is 0.429. The molecule has 0 bridgehead atoms. The van der Waals surface area contributed by atoms with E-state index in [2.05, 4.69) is 5.32 Å². The molecule has 0 aliphatic heterocycles. The first kappa shape index (κ1) is 16.8. The molecule has 7 nitrogen and oxygen atoms in total. The normalized spacial score (nSPS) is 12.0. The van der Waals surface area contributed by atoms with Gasteiger partial charge in [-0.15, -0.1) is 0 Å². The zero-order valence-electron chi connectivity index (χ0n) is 12.6. The van der Waals surface area contributed by atoms with E-state index in [0.29, 0.717) is 23.7 Å². The van der Waals surface area contributed by atoms with Gasteiger partial charge in [0, 0.05) is 11.8 Å². The molecule has 0 saturated heterocycles. The van der Waals surface area contributed by atoms with Gasteiger partial charge in [-0.25, -0.2) is 0 Å². The summed E-state index contributed by atoms with van der Waals surface area (Å²) in [5, 5.41) is 2.76. The van der Waals surface area contributed by atoms with Gasteiger partial charge >= 0.3 is 0 Å². The van der Waals surface area contributed by atoms with Gasteiger partial charge in [0.25, 0.3) is 0 Å². The minimum Gasteiger partial charge on any atom is -0.494 e. The predicted octanol–water partition coefficient (Wildman–Crippen LogP) is 0.412. The number of nitrogens with one attached hydrogen (secondary N) is 1. The first-order valence-corrected chi connectivity index (χ1v) is 6.65. The number of amides is 2. The molecule has 0 heterocycles. The van der Waals surface area contributed by atoms with Crippen molar-refractivity contribution in [3.8, 4) is 5.75 Å². The zero-order valence-corrected chi connectivity index (χ0v) is 12.6. The number of methoxy groups -OCH3 is 1. The highest BCUT2D eigenvalue weighted by Crippen LogP contribution is 2.26. The van der Waals surface area contributed by atoms with Crippen molar-refractivity contribution in [2.24, 2.45) is 5.73 Å². The van der Waals surface area contributed by atoms with Crippen molar-refractivity contribution in [1.29, 1.82) is 0 Å². The number of hydrogen-bond donors (Lipinski definition) is 3. The van der Waals surface area contributed by atoms with Gasteiger partial charge in [-0.2, -0.15) is 0 Å². The van der Waals surface area contributed by atoms with Crippen LogP contribution in [0, 0.1) is 0 Å². The summed E-state index contributed by atoms with van der Waals surface area (Å²) in [4.78, 5) is 24.9. The SMILES string of the molecule is CCN(CC(N)=O)C(C)C(=O)Nc1ccc(N)cc1OC. The number of hydrogen-bond acceptors (Lipinski definition) is 5. The third-order valence-corrected chi connectivity index (χ3v) is 3.18. The van der Waals surface area contributed by atoms with E-state index < -0.39 is 11.9 Å². The van der Waals surface area contributed by atoms with Crippen LogP contribution in [-0.2, 0) is 9.59 Å². The monoisotopic (exact) mass is 294 g/mol. The van der Waals surface area contributed by atoms with Gasteiger partial charge in [-0.1, -0.05) is 6.92 Å². The lowest BCUT2D eigenvalue weighted by Gasteiger charge is -2.25. The van der Waals surface area contributed by atoms with E-state index in [0.717, 1.165) is 0 Å². The smallest absolute Gasteiger partial charge is 0.241 e. The van der Waals surface area contributed by atoms with Crippen LogP contribution in [0.4, 0.5) is 11.4 Å². The Labute approximate surface area is 124 Å². The Morgan fingerprint density at radius 1 is 1.43 bits per heavy atom. The van der Waals surface area contributed by atoms with Gasteiger partial charge < -0.3 is 21.5 Å². The summed E-state index contributed by atoms with van der Waals surface area (Å²) in [6, 6.07) is 4.47. The van der Waals surface area contributed by atoms with E-state index in [-0.39, 0.29) is 12.5 Å². The fourth-order valence-electron chi connectivity index (χ4n) is 1.94. The highest BCUT2D eigenvalue weighted by atomic mass is 16.5. The first-order chi connectivity index (χ1) is 9.88. The third-order valence-electron chi connectivity index (χ3n) is 3.18. The maximum absolute atomic E-state index is 12.3. The number of carbonyl (C=O) groups is 2. The Morgan fingerprint density at radius 3 is 2.62 bits per heavy atom. The molecule has 2 amide bonds. The van der Waals surface area contributed by atoms with Crippen molar-refractivity contribution in [2.75, 3.05) is 31.2 Å². The number of rotatable bonds is 7. The van der Waals surface area contributed by atoms with Gasteiger partial charge in [0.2, 0.25) is 11.8 Å². The predicted molar refractivity (Wildman–Crippen MR) is 81.9 cm³/mol. The molecule has 0 saturated carbocycles. The number of nitrogens with zero attached hydrogens (tertiary/aromatic N) is 1. The molecule has 1 rings (SSSR count). The van der Waals surface area contributed by atoms with Gasteiger partial charge in [-0.3, -0.25) is 14.5 Å². The van der Waals surface area contributed by atoms with Crippen LogP contribution < -0.4 is 21.5 Å². The van der Waals surface area contributed by atoms with E-state index in [9.17, 15) is 9.59 Å². The molecular formula is C14H22N4O3. The number of likely N-dealkylation sites (N-methyl/N-ethyl adjacent to an activating group) is 1. The molecule has 116 valence electrons. The number of benzene rings is 1. The second-order valence-corrected chi connectivity index (χ2v) is 4.65. The molecule has 1 aromatic rings. The third kappa shape index (κ3) is 4.64. The number of nitrogen functional groups attached to an aromatic ring is 1. The highest BCUT2D eigenvalue weighted by molar-refractivity contribution is 5.96. The van der Waals surface area contributed by atoms with Crippen LogP contribution in [0.2, 0.25) is 0 Å². The van der Waals surface area contributed by atoms with Crippen molar-refractivity contribution < 1.29 is 14.3 Å². The van der Waals surface area contributed by atoms with E-state index >= 15 is 0 Å². The number of primary amides is 1. The molecule has 21 heavy (non-hydrogen) atoms. The Hall–Kier alpha value is -2.28. The zero-order chi connectivity index (χ0) is 16.0. The maximum atomic E-state index is 12.3. The van der Waals surface area contributed by atoms with Crippen LogP contribution in [0.3, 0.4) is 0 Å². The Kier molecular flexibility index (Phi) is 5.98. The lowest BCUT2D eigenvalue weighted by Crippen LogP contribution is -2.45. The van der Waals surface area contributed by atoms with E-state index in [1.165, 1.54) is 7.11 Å². The lowest BCUT2D eigenvalue weighted by molar-refractivity contribution is -0.123. The van der Waals surface area contributed by atoms with Gasteiger partial charge in [-0.05, 0) is 25.6 Å². The largest absolute Gasteiger partial charge is 0.494 e. The van der Waals surface area contributed by atoms with E-state index in [1.54, 1.807) is 30.0 Å². The van der Waals surface area contributed by atoms with Crippen LogP contribution in [0.15, 0.2) is 18.2 Å². The van der Waals surface area contributed by atoms with Crippen molar-refractivity contribution in [1.82, 2.24) is 4.90 Å². The minimum atomic E-state index is -0.496. The van der Waals surface area contributed by atoms with E-state index in [1.807, 2.05) is 6.92 Å². The summed E-state index contributed by atoms with van der Waals surface area (Å²) >= 11 is 0. The van der Waals surface area contributed by atoms with Crippen LogP contribution in [0.5, 0.6) is 5.75 Å². The van der Waals surface area contributed by atoms with Gasteiger partial charge in [0.1, 0.15) is 5.75 Å². The fourth-order valence-corrected chi connectivity index (χ4v) is 1.94. The minimum absolute atomic E-state index is 0.0317. The lowest BCUT2D eigenvalue weighted by atomic mass is 10.2. The molecular weight excluding hydrogens is 272 g/mol. The van der Waals surface area contributed by atoms with Crippen LogP contribution in [0.1, 0.15) is 13.8 Å². The topological polar surface area (TPSA) is 111 Å². The average Bonchev–Trinajstić information content (AvgIpc) is 2.45. The van der Waals surface area contributed by atoms with Crippen molar-refractivity contribution in [2.45, 2.75) is 19.9 Å². The van der Waals surface area contributed by atoms with Gasteiger partial charge in [0.15, 0.2) is 0 Å². The quantitative estimate of drug-likeness (QED) is 0.631. The molecule has 0 aromatic heterocycles. The molecule has 0 radical (unpaired) electrons. The highest BCUT2D eigenvalue weighted by Gasteiger charge is 2.22. The summed E-state index contributed by atoms with van der Waals surface area (Å²) in [5.41, 5.74) is 11.9. The average molecular weight is 294 g/mol. The molecule has 7 heteroatoms. The summed E-state index contributed by atoms with van der Waals surface area (Å²) in [7, 11) is 1.50. The summed E-state index contributed by atoms with van der Waals surface area (Å²) in [5.74, 6) is -0.240. The standard InChI is InChI=1S/C14H22N4O3/c1-4-18(8-13(16)19)9(2)14(20)17-11-6-5-10(15)7-12(11)21-3/h5-7,9H,4,8,15H2,1-3H3,(H2,16,19)(H,17,20). The molecule has 0 spiro atoms. The number of carbonyl (C=O) groups excluding carboxylic acids is 2. The number of nitrogens with two attached hydrogens (primary N) is 2. The van der Waals surface area contributed by atoms with E-state index in [4.69, 9.17) is 16.2 Å². The molecule has 1 unspecified atom stereocenters. The van der Waals surface area contributed by atoms with Crippen molar-refractivity contribution in [3.63, 3.8) is 0 Å². The van der Waals surface area contributed by atoms with Crippen molar-refractivity contribution in [3.05, 3.63) is 18.2 Å². The Morgan fingerprint density at radius 2 is 2.10 bits per heavy atom. The molecule has 1 atom stereocenters. The first-order valence-electron chi connectivity index (χ1n) is 6.65. The van der Waals surface area contributed by atoms with Crippen LogP contribution in [-0.4, -0.2) is 43.0 Å².